The van der Waals surface area contributed by atoms with E-state index in [0.717, 1.165) is 41.3 Å². The molecular formula is C25H31N3O3S. The molecule has 0 atom stereocenters. The molecule has 2 aromatic carbocycles. The number of anilines is 1. The van der Waals surface area contributed by atoms with E-state index in [2.05, 4.69) is 22.4 Å². The van der Waals surface area contributed by atoms with E-state index >= 15 is 0 Å². The first-order chi connectivity index (χ1) is 15.7. The lowest BCUT2D eigenvalue weighted by Gasteiger charge is -2.09. The molecule has 0 radical (unpaired) electrons. The van der Waals surface area contributed by atoms with Crippen molar-refractivity contribution < 1.29 is 14.2 Å². The van der Waals surface area contributed by atoms with Gasteiger partial charge >= 0.3 is 0 Å². The van der Waals surface area contributed by atoms with Gasteiger partial charge in [-0.25, -0.2) is 4.98 Å². The van der Waals surface area contributed by atoms with Crippen molar-refractivity contribution in [1.29, 1.82) is 0 Å². The van der Waals surface area contributed by atoms with E-state index in [1.54, 1.807) is 20.4 Å². The van der Waals surface area contributed by atoms with Crippen molar-refractivity contribution in [2.45, 2.75) is 39.0 Å². The molecule has 0 aliphatic heterocycles. The Labute approximate surface area is 194 Å². The van der Waals surface area contributed by atoms with Crippen molar-refractivity contribution in [2.24, 2.45) is 5.10 Å². The topological polar surface area (TPSA) is 65.0 Å². The minimum atomic E-state index is 0.698. The fourth-order valence-corrected chi connectivity index (χ4v) is 3.88. The number of aromatic nitrogens is 1. The molecule has 6 nitrogen and oxygen atoms in total. The van der Waals surface area contributed by atoms with Crippen molar-refractivity contribution in [3.63, 3.8) is 0 Å². The number of methoxy groups -OCH3 is 2. The highest BCUT2D eigenvalue weighted by molar-refractivity contribution is 7.14. The fraction of sp³-hybridized carbons (Fsp3) is 0.360. The Morgan fingerprint density at radius 1 is 1.00 bits per heavy atom. The highest BCUT2D eigenvalue weighted by Crippen LogP contribution is 2.34. The summed E-state index contributed by atoms with van der Waals surface area (Å²) in [5, 5.41) is 7.03. The van der Waals surface area contributed by atoms with Crippen LogP contribution >= 0.6 is 11.3 Å². The third-order valence-corrected chi connectivity index (χ3v) is 5.72. The lowest BCUT2D eigenvalue weighted by molar-refractivity contribution is 0.304. The molecule has 0 saturated carbocycles. The number of ether oxygens (including phenoxy) is 3. The Hall–Kier alpha value is -3.06. The Kier molecular flexibility index (Phi) is 9.37. The highest BCUT2D eigenvalue weighted by Gasteiger charge is 2.11. The van der Waals surface area contributed by atoms with Gasteiger partial charge < -0.3 is 14.2 Å². The van der Waals surface area contributed by atoms with Gasteiger partial charge in [-0.3, -0.25) is 5.43 Å². The summed E-state index contributed by atoms with van der Waals surface area (Å²) in [5.41, 5.74) is 5.67. The van der Waals surface area contributed by atoms with E-state index in [-0.39, 0.29) is 0 Å². The first-order valence-electron chi connectivity index (χ1n) is 10.9. The Balaban J connectivity index is 1.59. The van der Waals surface area contributed by atoms with Crippen molar-refractivity contribution >= 4 is 22.7 Å². The summed E-state index contributed by atoms with van der Waals surface area (Å²) in [6.45, 7) is 2.95. The van der Waals surface area contributed by atoms with Crippen LogP contribution in [0.5, 0.6) is 17.2 Å². The van der Waals surface area contributed by atoms with E-state index < -0.39 is 0 Å². The van der Waals surface area contributed by atoms with E-state index in [0.29, 0.717) is 10.9 Å². The maximum Gasteiger partial charge on any atom is 0.203 e. The average Bonchev–Trinajstić information content (AvgIpc) is 3.30. The quantitative estimate of drug-likeness (QED) is 0.179. The van der Waals surface area contributed by atoms with Gasteiger partial charge in [0.2, 0.25) is 5.13 Å². The van der Waals surface area contributed by atoms with E-state index in [9.17, 15) is 0 Å². The molecule has 0 unspecified atom stereocenters. The molecule has 170 valence electrons. The SMILES string of the molecule is CCCCCCCOc1ccccc1/C=N\Nc1nc(-c2ccc(OC)cc2OC)cs1. The van der Waals surface area contributed by atoms with Crippen LogP contribution < -0.4 is 19.6 Å². The number of thiazole rings is 1. The molecule has 0 aliphatic rings. The predicted octanol–water partition coefficient (Wildman–Crippen LogP) is 6.62. The number of unbranched alkanes of at least 4 members (excludes halogenated alkanes) is 4. The van der Waals surface area contributed by atoms with Gasteiger partial charge in [-0.2, -0.15) is 5.10 Å². The van der Waals surface area contributed by atoms with Gasteiger partial charge in [0, 0.05) is 22.6 Å². The number of para-hydroxylation sites is 1. The summed E-state index contributed by atoms with van der Waals surface area (Å²) in [4.78, 5) is 4.62. The Morgan fingerprint density at radius 2 is 1.84 bits per heavy atom. The van der Waals surface area contributed by atoms with Crippen molar-refractivity contribution in [1.82, 2.24) is 4.98 Å². The minimum absolute atomic E-state index is 0.698. The predicted molar refractivity (Wildman–Crippen MR) is 133 cm³/mol. The standard InChI is InChI=1S/C25H31N3O3S/c1-4-5-6-7-10-15-31-23-12-9-8-11-19(23)17-26-28-25-27-22(18-32-25)21-14-13-20(29-2)16-24(21)30-3/h8-9,11-14,16-18H,4-7,10,15H2,1-3H3,(H,27,28)/b26-17-. The summed E-state index contributed by atoms with van der Waals surface area (Å²) in [6.07, 6.45) is 7.85. The first kappa shape index (κ1) is 23.6. The average molecular weight is 454 g/mol. The molecule has 1 aromatic heterocycles. The van der Waals surface area contributed by atoms with Crippen LogP contribution in [0.1, 0.15) is 44.6 Å². The zero-order valence-electron chi connectivity index (χ0n) is 19.0. The zero-order chi connectivity index (χ0) is 22.6. The van der Waals surface area contributed by atoms with Crippen LogP contribution in [0.3, 0.4) is 0 Å². The summed E-state index contributed by atoms with van der Waals surface area (Å²) in [5.74, 6) is 2.30. The summed E-state index contributed by atoms with van der Waals surface area (Å²) in [6, 6.07) is 13.6. The molecule has 0 aliphatic carbocycles. The number of rotatable bonds is 13. The van der Waals surface area contributed by atoms with Gasteiger partial charge in [0.05, 0.1) is 32.7 Å². The second-order valence-electron chi connectivity index (χ2n) is 7.27. The van der Waals surface area contributed by atoms with Crippen LogP contribution in [-0.2, 0) is 0 Å². The van der Waals surface area contributed by atoms with Gasteiger partial charge in [-0.1, -0.05) is 44.7 Å². The van der Waals surface area contributed by atoms with Crippen molar-refractivity contribution in [3.8, 4) is 28.5 Å². The summed E-state index contributed by atoms with van der Waals surface area (Å²) < 4.78 is 16.7. The number of hydrogen-bond acceptors (Lipinski definition) is 7. The number of benzene rings is 2. The second kappa shape index (κ2) is 12.7. The molecule has 3 rings (SSSR count). The van der Waals surface area contributed by atoms with Crippen molar-refractivity contribution in [2.75, 3.05) is 26.3 Å². The Bertz CT molecular complexity index is 1000. The molecule has 0 fully saturated rings. The van der Waals surface area contributed by atoms with Gasteiger partial charge in [0.1, 0.15) is 17.2 Å². The molecule has 1 heterocycles. The van der Waals surface area contributed by atoms with Crippen LogP contribution in [0.25, 0.3) is 11.3 Å². The molecule has 0 amide bonds. The highest BCUT2D eigenvalue weighted by atomic mass is 32.1. The summed E-state index contributed by atoms with van der Waals surface area (Å²) >= 11 is 1.48. The van der Waals surface area contributed by atoms with Gasteiger partial charge in [-0.05, 0) is 30.7 Å². The maximum absolute atomic E-state index is 5.97. The van der Waals surface area contributed by atoms with Gasteiger partial charge in [0.15, 0.2) is 0 Å². The normalized spacial score (nSPS) is 11.0. The molecule has 1 N–H and O–H groups in total. The fourth-order valence-electron chi connectivity index (χ4n) is 3.22. The van der Waals surface area contributed by atoms with E-state index in [1.165, 1.54) is 37.0 Å². The van der Waals surface area contributed by atoms with Crippen LogP contribution in [0.15, 0.2) is 52.9 Å². The lowest BCUT2D eigenvalue weighted by atomic mass is 10.1. The van der Waals surface area contributed by atoms with Crippen LogP contribution in [0.2, 0.25) is 0 Å². The van der Waals surface area contributed by atoms with Crippen LogP contribution in [0.4, 0.5) is 5.13 Å². The molecule has 32 heavy (non-hydrogen) atoms. The number of hydrazone groups is 1. The van der Waals surface area contributed by atoms with E-state index in [4.69, 9.17) is 14.2 Å². The molecule has 7 heteroatoms. The molecular weight excluding hydrogens is 422 g/mol. The second-order valence-corrected chi connectivity index (χ2v) is 8.13. The van der Waals surface area contributed by atoms with Gasteiger partial charge in [0.25, 0.3) is 0 Å². The van der Waals surface area contributed by atoms with Crippen molar-refractivity contribution in [3.05, 3.63) is 53.4 Å². The Morgan fingerprint density at radius 3 is 2.66 bits per heavy atom. The first-order valence-corrected chi connectivity index (χ1v) is 11.8. The molecule has 3 aromatic rings. The monoisotopic (exact) mass is 453 g/mol. The molecule has 0 spiro atoms. The summed E-state index contributed by atoms with van der Waals surface area (Å²) in [7, 11) is 3.27. The maximum atomic E-state index is 5.97. The number of nitrogens with zero attached hydrogens (tertiary/aromatic N) is 2. The van der Waals surface area contributed by atoms with Gasteiger partial charge in [-0.15, -0.1) is 11.3 Å². The smallest absolute Gasteiger partial charge is 0.203 e. The van der Waals surface area contributed by atoms with Crippen LogP contribution in [0, 0.1) is 0 Å². The largest absolute Gasteiger partial charge is 0.497 e. The number of hydrogen-bond donors (Lipinski definition) is 1. The lowest BCUT2D eigenvalue weighted by Crippen LogP contribution is -2.00. The third kappa shape index (κ3) is 6.72. The van der Waals surface area contributed by atoms with Crippen LogP contribution in [-0.4, -0.2) is 32.0 Å². The molecule has 0 saturated heterocycles. The number of nitrogens with one attached hydrogen (secondary N) is 1. The van der Waals surface area contributed by atoms with E-state index in [1.807, 2.05) is 47.8 Å². The third-order valence-electron chi connectivity index (χ3n) is 4.98. The molecule has 0 bridgehead atoms. The minimum Gasteiger partial charge on any atom is -0.497 e. The zero-order valence-corrected chi connectivity index (χ0v) is 19.8.